The number of nitrogens with one attached hydrogen (secondary N) is 3. The number of hydrogen-bond acceptors (Lipinski definition) is 3. The van der Waals surface area contributed by atoms with Gasteiger partial charge in [-0.1, -0.05) is 12.1 Å². The molecule has 1 aliphatic rings. The minimum Gasteiger partial charge on any atom is -0.492 e. The van der Waals surface area contributed by atoms with Crippen LogP contribution < -0.4 is 20.7 Å². The summed E-state index contributed by atoms with van der Waals surface area (Å²) in [5.74, 6) is 1.27. The molecule has 0 aliphatic carbocycles. The maximum absolute atomic E-state index is 13.7. The van der Waals surface area contributed by atoms with Crippen LogP contribution >= 0.6 is 0 Å². The Morgan fingerprint density at radius 1 is 1.21 bits per heavy atom. The van der Waals surface area contributed by atoms with E-state index in [0.717, 1.165) is 35.5 Å². The van der Waals surface area contributed by atoms with Crippen molar-refractivity contribution in [3.63, 3.8) is 0 Å². The van der Waals surface area contributed by atoms with Gasteiger partial charge in [0.1, 0.15) is 18.2 Å². The van der Waals surface area contributed by atoms with E-state index in [1.54, 1.807) is 13.0 Å². The van der Waals surface area contributed by atoms with Crippen LogP contribution in [0.15, 0.2) is 41.4 Å². The van der Waals surface area contributed by atoms with Crippen LogP contribution in [0.3, 0.4) is 0 Å². The number of anilines is 1. The fraction of sp³-hybridized carbons (Fsp3) is 0.364. The zero-order chi connectivity index (χ0) is 20.6. The van der Waals surface area contributed by atoms with Crippen molar-refractivity contribution in [3.05, 3.63) is 58.9 Å². The van der Waals surface area contributed by atoms with Crippen LogP contribution in [0.5, 0.6) is 5.75 Å². The molecule has 6 nitrogen and oxygen atoms in total. The van der Waals surface area contributed by atoms with Gasteiger partial charge in [0.15, 0.2) is 5.96 Å². The standard InChI is InChI=1S/C22H27FN4O2/c1-3-24-22(26-14-16-5-4-15(2)19(23)12-16)25-10-11-29-18-7-8-20-17(13-18)6-9-21(28)27-20/h4-5,7-8,12-13H,3,6,9-11,14H2,1-2H3,(H,27,28)(H2,24,25,26). The highest BCUT2D eigenvalue weighted by Crippen LogP contribution is 2.26. The summed E-state index contributed by atoms with van der Waals surface area (Å²) in [6.07, 6.45) is 1.23. The first-order valence-electron chi connectivity index (χ1n) is 9.88. The number of halogens is 1. The SMILES string of the molecule is CCNC(=NCc1ccc(C)c(F)c1)NCCOc1ccc2c(c1)CCC(=O)N2. The molecule has 0 unspecified atom stereocenters. The van der Waals surface area contributed by atoms with E-state index in [9.17, 15) is 9.18 Å². The van der Waals surface area contributed by atoms with Crippen LogP contribution in [0.25, 0.3) is 0 Å². The van der Waals surface area contributed by atoms with Crippen molar-refractivity contribution in [2.24, 2.45) is 4.99 Å². The molecule has 3 N–H and O–H groups in total. The lowest BCUT2D eigenvalue weighted by atomic mass is 10.0. The monoisotopic (exact) mass is 398 g/mol. The first-order chi connectivity index (χ1) is 14.0. The van der Waals surface area contributed by atoms with Gasteiger partial charge in [-0.25, -0.2) is 9.38 Å². The Kier molecular flexibility index (Phi) is 7.05. The zero-order valence-corrected chi connectivity index (χ0v) is 16.8. The molecule has 0 aromatic heterocycles. The first kappa shape index (κ1) is 20.6. The van der Waals surface area contributed by atoms with E-state index >= 15 is 0 Å². The van der Waals surface area contributed by atoms with Gasteiger partial charge in [-0.3, -0.25) is 4.79 Å². The number of carbonyl (C=O) groups is 1. The van der Waals surface area contributed by atoms with E-state index in [2.05, 4.69) is 20.9 Å². The number of guanidine groups is 1. The number of aryl methyl sites for hydroxylation is 2. The van der Waals surface area contributed by atoms with Crippen LogP contribution in [-0.4, -0.2) is 31.6 Å². The average molecular weight is 398 g/mol. The summed E-state index contributed by atoms with van der Waals surface area (Å²) in [6, 6.07) is 10.9. The molecule has 3 rings (SSSR count). The van der Waals surface area contributed by atoms with E-state index in [4.69, 9.17) is 4.74 Å². The van der Waals surface area contributed by atoms with Gasteiger partial charge in [0, 0.05) is 18.7 Å². The Bertz CT molecular complexity index is 898. The molecule has 0 bridgehead atoms. The van der Waals surface area contributed by atoms with Crippen molar-refractivity contribution in [1.82, 2.24) is 10.6 Å². The molecule has 0 fully saturated rings. The summed E-state index contributed by atoms with van der Waals surface area (Å²) in [5.41, 5.74) is 3.41. The van der Waals surface area contributed by atoms with Crippen molar-refractivity contribution < 1.29 is 13.9 Å². The van der Waals surface area contributed by atoms with Crippen molar-refractivity contribution in [2.75, 3.05) is 25.0 Å². The number of amides is 1. The summed E-state index contributed by atoms with van der Waals surface area (Å²) in [6.45, 7) is 5.89. The molecule has 0 radical (unpaired) electrons. The minimum atomic E-state index is -0.214. The summed E-state index contributed by atoms with van der Waals surface area (Å²) in [7, 11) is 0. The van der Waals surface area contributed by atoms with Gasteiger partial charge in [-0.05, 0) is 61.2 Å². The second kappa shape index (κ2) is 9.91. The van der Waals surface area contributed by atoms with E-state index < -0.39 is 0 Å². The van der Waals surface area contributed by atoms with Gasteiger partial charge in [-0.2, -0.15) is 0 Å². The number of hydrogen-bond donors (Lipinski definition) is 3. The quantitative estimate of drug-likeness (QED) is 0.381. The fourth-order valence-electron chi connectivity index (χ4n) is 3.03. The summed E-state index contributed by atoms with van der Waals surface area (Å²) < 4.78 is 19.5. The van der Waals surface area contributed by atoms with E-state index in [0.29, 0.717) is 37.6 Å². The maximum Gasteiger partial charge on any atom is 0.224 e. The number of rotatable bonds is 7. The van der Waals surface area contributed by atoms with Crippen LogP contribution in [0.4, 0.5) is 10.1 Å². The molecule has 2 aromatic rings. The number of fused-ring (bicyclic) bond motifs is 1. The molecule has 0 saturated heterocycles. The Balaban J connectivity index is 1.49. The van der Waals surface area contributed by atoms with Gasteiger partial charge in [-0.15, -0.1) is 0 Å². The lowest BCUT2D eigenvalue weighted by Gasteiger charge is -2.18. The van der Waals surface area contributed by atoms with E-state index in [1.165, 1.54) is 6.07 Å². The highest BCUT2D eigenvalue weighted by atomic mass is 19.1. The van der Waals surface area contributed by atoms with Gasteiger partial charge < -0.3 is 20.7 Å². The number of benzene rings is 2. The first-order valence-corrected chi connectivity index (χ1v) is 9.88. The minimum absolute atomic E-state index is 0.0546. The van der Waals surface area contributed by atoms with E-state index in [1.807, 2.05) is 31.2 Å². The number of aliphatic imine (C=N–C) groups is 1. The molecule has 29 heavy (non-hydrogen) atoms. The van der Waals surface area contributed by atoms with Crippen LogP contribution in [-0.2, 0) is 17.8 Å². The lowest BCUT2D eigenvalue weighted by Crippen LogP contribution is -2.39. The van der Waals surface area contributed by atoms with Crippen LogP contribution in [0.2, 0.25) is 0 Å². The van der Waals surface area contributed by atoms with Crippen LogP contribution in [0.1, 0.15) is 30.0 Å². The molecule has 2 aromatic carbocycles. The van der Waals surface area contributed by atoms with Crippen LogP contribution in [0, 0.1) is 12.7 Å². The Hall–Kier alpha value is -3.09. The number of carbonyl (C=O) groups excluding carboxylic acids is 1. The molecule has 0 saturated carbocycles. The Morgan fingerprint density at radius 3 is 2.86 bits per heavy atom. The van der Waals surface area contributed by atoms with Gasteiger partial charge in [0.2, 0.25) is 5.91 Å². The molecule has 1 heterocycles. The fourth-order valence-corrected chi connectivity index (χ4v) is 3.03. The van der Waals surface area contributed by atoms with Gasteiger partial charge in [0.25, 0.3) is 0 Å². The predicted molar refractivity (Wildman–Crippen MR) is 113 cm³/mol. The smallest absolute Gasteiger partial charge is 0.224 e. The third kappa shape index (κ3) is 5.94. The lowest BCUT2D eigenvalue weighted by molar-refractivity contribution is -0.116. The molecule has 0 spiro atoms. The average Bonchev–Trinajstić information content (AvgIpc) is 2.71. The second-order valence-electron chi connectivity index (χ2n) is 6.92. The predicted octanol–water partition coefficient (Wildman–Crippen LogP) is 3.15. The third-order valence-electron chi connectivity index (χ3n) is 4.64. The van der Waals surface area contributed by atoms with Gasteiger partial charge in [0.05, 0.1) is 13.1 Å². The highest BCUT2D eigenvalue weighted by molar-refractivity contribution is 5.94. The zero-order valence-electron chi connectivity index (χ0n) is 16.8. The highest BCUT2D eigenvalue weighted by Gasteiger charge is 2.14. The number of nitrogens with zero attached hydrogens (tertiary/aromatic N) is 1. The third-order valence-corrected chi connectivity index (χ3v) is 4.64. The molecule has 1 aliphatic heterocycles. The molecule has 154 valence electrons. The topological polar surface area (TPSA) is 74.8 Å². The van der Waals surface area contributed by atoms with Crippen molar-refractivity contribution in [3.8, 4) is 5.75 Å². The van der Waals surface area contributed by atoms with Gasteiger partial charge >= 0.3 is 0 Å². The number of ether oxygens (including phenoxy) is 1. The van der Waals surface area contributed by atoms with Crippen molar-refractivity contribution in [2.45, 2.75) is 33.2 Å². The van der Waals surface area contributed by atoms with E-state index in [-0.39, 0.29) is 11.7 Å². The maximum atomic E-state index is 13.7. The molecule has 0 atom stereocenters. The second-order valence-corrected chi connectivity index (χ2v) is 6.92. The summed E-state index contributed by atoms with van der Waals surface area (Å²) in [4.78, 5) is 15.9. The summed E-state index contributed by atoms with van der Waals surface area (Å²) >= 11 is 0. The summed E-state index contributed by atoms with van der Waals surface area (Å²) in [5, 5.41) is 9.25. The Labute approximate surface area is 170 Å². The molecule has 1 amide bonds. The molecular formula is C22H27FN4O2. The largest absolute Gasteiger partial charge is 0.492 e. The van der Waals surface area contributed by atoms with Crippen molar-refractivity contribution >= 4 is 17.6 Å². The molecular weight excluding hydrogens is 371 g/mol. The molecule has 7 heteroatoms. The Morgan fingerprint density at radius 2 is 2.07 bits per heavy atom. The van der Waals surface area contributed by atoms with Crippen molar-refractivity contribution in [1.29, 1.82) is 0 Å². The normalized spacial score (nSPS) is 13.5.